The van der Waals surface area contributed by atoms with Gasteiger partial charge in [-0.3, -0.25) is 0 Å². The molecule has 2 aromatic carbocycles. The minimum absolute atomic E-state index is 0.0366. The topological polar surface area (TPSA) is 90.9 Å². The van der Waals surface area contributed by atoms with E-state index in [1.165, 1.54) is 12.1 Å². The summed E-state index contributed by atoms with van der Waals surface area (Å²) in [6.45, 7) is 6.77. The fourth-order valence-corrected chi connectivity index (χ4v) is 3.08. The standard InChI is InChI=1S/C20H25NO6S/c1-19(2,3)25-18(22)21-15-20(4,16-11-7-5-8-12-16)26-27-28(23,24)17-13-9-6-10-14-17/h5-14H,15H2,1-4H3,(H,21,22). The van der Waals surface area contributed by atoms with Crippen molar-refractivity contribution < 1.29 is 27.2 Å². The Hall–Kier alpha value is -2.42. The quantitative estimate of drug-likeness (QED) is 0.555. The zero-order valence-electron chi connectivity index (χ0n) is 16.3. The molecule has 0 saturated carbocycles. The Labute approximate surface area is 165 Å². The van der Waals surface area contributed by atoms with Crippen molar-refractivity contribution in [1.29, 1.82) is 0 Å². The van der Waals surface area contributed by atoms with Crippen LogP contribution in [0.3, 0.4) is 0 Å². The van der Waals surface area contributed by atoms with Crippen molar-refractivity contribution in [2.75, 3.05) is 6.54 Å². The number of benzene rings is 2. The monoisotopic (exact) mass is 407 g/mol. The van der Waals surface area contributed by atoms with Crippen LogP contribution in [0.15, 0.2) is 65.6 Å². The average molecular weight is 407 g/mol. The van der Waals surface area contributed by atoms with Crippen molar-refractivity contribution >= 4 is 16.2 Å². The van der Waals surface area contributed by atoms with Gasteiger partial charge in [0.15, 0.2) is 0 Å². The van der Waals surface area contributed by atoms with Crippen molar-refractivity contribution in [2.24, 2.45) is 0 Å². The molecule has 8 heteroatoms. The van der Waals surface area contributed by atoms with Gasteiger partial charge in [0.05, 0.1) is 11.4 Å². The first kappa shape index (κ1) is 21.9. The molecule has 0 aliphatic heterocycles. The largest absolute Gasteiger partial charge is 0.444 e. The Morgan fingerprint density at radius 3 is 2.00 bits per heavy atom. The number of hydrogen-bond donors (Lipinski definition) is 1. The molecule has 1 atom stereocenters. The van der Waals surface area contributed by atoms with Gasteiger partial charge in [-0.15, -0.1) is 4.33 Å². The van der Waals surface area contributed by atoms with Crippen LogP contribution in [0.5, 0.6) is 0 Å². The molecule has 7 nitrogen and oxygen atoms in total. The average Bonchev–Trinajstić information content (AvgIpc) is 2.65. The van der Waals surface area contributed by atoms with E-state index in [-0.39, 0.29) is 11.4 Å². The van der Waals surface area contributed by atoms with Gasteiger partial charge in [-0.1, -0.05) is 48.5 Å². The van der Waals surface area contributed by atoms with E-state index in [2.05, 4.69) is 5.32 Å². The van der Waals surface area contributed by atoms with Crippen molar-refractivity contribution in [2.45, 2.75) is 43.8 Å². The van der Waals surface area contributed by atoms with E-state index >= 15 is 0 Å². The lowest BCUT2D eigenvalue weighted by Crippen LogP contribution is -2.43. The number of carbonyl (C=O) groups is 1. The highest BCUT2D eigenvalue weighted by Gasteiger charge is 2.33. The molecule has 1 amide bonds. The van der Waals surface area contributed by atoms with E-state index in [0.717, 1.165) is 0 Å². The second-order valence-electron chi connectivity index (χ2n) is 7.37. The summed E-state index contributed by atoms with van der Waals surface area (Å²) in [5, 5.41) is 2.59. The molecular weight excluding hydrogens is 382 g/mol. The maximum atomic E-state index is 12.4. The molecule has 0 saturated heterocycles. The third-order valence-electron chi connectivity index (χ3n) is 3.69. The fraction of sp³-hybridized carbons (Fsp3) is 0.350. The SMILES string of the molecule is CC(C)(C)OC(=O)NCC(C)(OOS(=O)(=O)c1ccccc1)c1ccccc1. The van der Waals surface area contributed by atoms with Gasteiger partial charge in [0, 0.05) is 0 Å². The van der Waals surface area contributed by atoms with Crippen molar-refractivity contribution in [3.05, 3.63) is 66.2 Å². The highest BCUT2D eigenvalue weighted by molar-refractivity contribution is 7.86. The molecule has 0 aliphatic rings. The lowest BCUT2D eigenvalue weighted by molar-refractivity contribution is -0.286. The summed E-state index contributed by atoms with van der Waals surface area (Å²) in [5.74, 6) is 0. The van der Waals surface area contributed by atoms with Gasteiger partial charge in [0.25, 0.3) is 0 Å². The molecule has 0 aromatic heterocycles. The number of carbonyl (C=O) groups excluding carboxylic acids is 1. The zero-order chi connectivity index (χ0) is 20.8. The third kappa shape index (κ3) is 6.33. The molecule has 0 bridgehead atoms. The lowest BCUT2D eigenvalue weighted by atomic mass is 9.96. The predicted octanol–water partition coefficient (Wildman–Crippen LogP) is 3.76. The van der Waals surface area contributed by atoms with E-state index in [1.54, 1.807) is 70.2 Å². The highest BCUT2D eigenvalue weighted by Crippen LogP contribution is 2.27. The summed E-state index contributed by atoms with van der Waals surface area (Å²) in [6, 6.07) is 16.5. The zero-order valence-corrected chi connectivity index (χ0v) is 17.2. The first-order valence-corrected chi connectivity index (χ1v) is 10.1. The molecule has 2 aromatic rings. The van der Waals surface area contributed by atoms with Gasteiger partial charge in [0.2, 0.25) is 0 Å². The number of rotatable bonds is 7. The molecular formula is C20H25NO6S. The van der Waals surface area contributed by atoms with Crippen LogP contribution >= 0.6 is 0 Å². The summed E-state index contributed by atoms with van der Waals surface area (Å²) < 4.78 is 34.8. The van der Waals surface area contributed by atoms with Crippen LogP contribution in [-0.2, 0) is 29.7 Å². The maximum Gasteiger partial charge on any atom is 0.407 e. The van der Waals surface area contributed by atoms with Crippen LogP contribution in [-0.4, -0.2) is 26.7 Å². The Balaban J connectivity index is 2.17. The van der Waals surface area contributed by atoms with Crippen molar-refractivity contribution in [3.63, 3.8) is 0 Å². The molecule has 1 unspecified atom stereocenters. The second kappa shape index (κ2) is 8.72. The smallest absolute Gasteiger partial charge is 0.407 e. The van der Waals surface area contributed by atoms with E-state index in [9.17, 15) is 13.2 Å². The van der Waals surface area contributed by atoms with Gasteiger partial charge in [0.1, 0.15) is 11.2 Å². The van der Waals surface area contributed by atoms with Crippen LogP contribution in [0, 0.1) is 0 Å². The van der Waals surface area contributed by atoms with Crippen LogP contribution in [0.2, 0.25) is 0 Å². The number of ether oxygens (including phenoxy) is 1. The van der Waals surface area contributed by atoms with Gasteiger partial charge in [-0.05, 0) is 45.4 Å². The number of hydrogen-bond acceptors (Lipinski definition) is 6. The minimum Gasteiger partial charge on any atom is -0.444 e. The molecule has 0 aliphatic carbocycles. The van der Waals surface area contributed by atoms with Crippen molar-refractivity contribution in [3.8, 4) is 0 Å². The Kier molecular flexibility index (Phi) is 6.82. The summed E-state index contributed by atoms with van der Waals surface area (Å²) in [4.78, 5) is 17.3. The fourth-order valence-electron chi connectivity index (χ4n) is 2.27. The summed E-state index contributed by atoms with van der Waals surface area (Å²) in [7, 11) is -4.14. The molecule has 2 rings (SSSR count). The third-order valence-corrected chi connectivity index (χ3v) is 4.79. The van der Waals surface area contributed by atoms with E-state index < -0.39 is 27.4 Å². The molecule has 152 valence electrons. The van der Waals surface area contributed by atoms with Crippen molar-refractivity contribution in [1.82, 2.24) is 5.32 Å². The molecule has 0 spiro atoms. The van der Waals surface area contributed by atoms with Gasteiger partial charge < -0.3 is 10.1 Å². The first-order valence-electron chi connectivity index (χ1n) is 8.72. The number of alkyl carbamates (subject to hydrolysis) is 1. The van der Waals surface area contributed by atoms with Gasteiger partial charge >= 0.3 is 16.2 Å². The molecule has 1 N–H and O–H groups in total. The van der Waals surface area contributed by atoms with E-state index in [4.69, 9.17) is 14.0 Å². The van der Waals surface area contributed by atoms with E-state index in [0.29, 0.717) is 5.56 Å². The molecule has 0 fully saturated rings. The van der Waals surface area contributed by atoms with E-state index in [1.807, 2.05) is 6.07 Å². The Bertz CT molecular complexity index is 878. The maximum absolute atomic E-state index is 12.4. The van der Waals surface area contributed by atoms with Crippen LogP contribution in [0.4, 0.5) is 4.79 Å². The summed E-state index contributed by atoms with van der Waals surface area (Å²) in [5.41, 5.74) is -1.32. The number of amides is 1. The number of nitrogens with one attached hydrogen (secondary N) is 1. The molecule has 0 radical (unpaired) electrons. The summed E-state index contributed by atoms with van der Waals surface area (Å²) >= 11 is 0. The van der Waals surface area contributed by atoms with Crippen LogP contribution in [0.25, 0.3) is 0 Å². The summed E-state index contributed by atoms with van der Waals surface area (Å²) in [6.07, 6.45) is -0.649. The van der Waals surface area contributed by atoms with Gasteiger partial charge in [-0.25, -0.2) is 9.68 Å². The van der Waals surface area contributed by atoms with Crippen LogP contribution in [0.1, 0.15) is 33.3 Å². The normalized spacial score (nSPS) is 14.1. The van der Waals surface area contributed by atoms with Gasteiger partial charge in [-0.2, -0.15) is 8.42 Å². The van der Waals surface area contributed by atoms with Crippen LogP contribution < -0.4 is 5.32 Å². The molecule has 0 heterocycles. The lowest BCUT2D eigenvalue weighted by Gasteiger charge is -2.29. The Morgan fingerprint density at radius 1 is 0.929 bits per heavy atom. The predicted molar refractivity (Wildman–Crippen MR) is 104 cm³/mol. The minimum atomic E-state index is -4.14. The second-order valence-corrected chi connectivity index (χ2v) is 8.89. The Morgan fingerprint density at radius 2 is 1.46 bits per heavy atom. The first-order chi connectivity index (χ1) is 13.0. The highest BCUT2D eigenvalue weighted by atomic mass is 32.2. The molecule has 28 heavy (non-hydrogen) atoms.